The lowest BCUT2D eigenvalue weighted by molar-refractivity contribution is 0.144. The van der Waals surface area contributed by atoms with Gasteiger partial charge in [-0.15, -0.1) is 0 Å². The molecule has 1 aromatic heterocycles. The predicted molar refractivity (Wildman–Crippen MR) is 86.4 cm³/mol. The molecule has 1 aliphatic heterocycles. The molecule has 0 fully saturated rings. The standard InChI is InChI=1S/C18H20N2O2/c21-17-8-4-5-11-19(17)13-16-9-10-18(22)20(14-16)12-15-6-2-1-3-7-15/h1-8,10-11,16,22H,9,12-14H2. The van der Waals surface area contributed by atoms with Gasteiger partial charge in [-0.3, -0.25) is 4.79 Å². The summed E-state index contributed by atoms with van der Waals surface area (Å²) in [6.07, 6.45) is 4.46. The van der Waals surface area contributed by atoms with Gasteiger partial charge in [-0.2, -0.15) is 0 Å². The van der Waals surface area contributed by atoms with Gasteiger partial charge < -0.3 is 14.6 Å². The van der Waals surface area contributed by atoms with Crippen molar-refractivity contribution in [3.05, 3.63) is 82.6 Å². The van der Waals surface area contributed by atoms with E-state index in [1.807, 2.05) is 41.4 Å². The molecule has 3 rings (SSSR count). The maximum atomic E-state index is 11.8. The van der Waals surface area contributed by atoms with Crippen molar-refractivity contribution < 1.29 is 5.11 Å². The highest BCUT2D eigenvalue weighted by atomic mass is 16.3. The molecule has 1 aliphatic rings. The number of hydrogen-bond acceptors (Lipinski definition) is 3. The molecule has 1 unspecified atom stereocenters. The zero-order chi connectivity index (χ0) is 15.4. The molecular formula is C18H20N2O2. The van der Waals surface area contributed by atoms with Crippen LogP contribution in [0.4, 0.5) is 0 Å². The van der Waals surface area contributed by atoms with Crippen LogP contribution in [0.15, 0.2) is 71.5 Å². The molecule has 1 aromatic carbocycles. The summed E-state index contributed by atoms with van der Waals surface area (Å²) in [5.74, 6) is 0.653. The van der Waals surface area contributed by atoms with E-state index in [-0.39, 0.29) is 5.56 Å². The maximum absolute atomic E-state index is 11.8. The lowest BCUT2D eigenvalue weighted by Gasteiger charge is -2.32. The highest BCUT2D eigenvalue weighted by Gasteiger charge is 2.21. The summed E-state index contributed by atoms with van der Waals surface area (Å²) in [5, 5.41) is 10.1. The smallest absolute Gasteiger partial charge is 0.250 e. The van der Waals surface area contributed by atoms with Crippen LogP contribution in [-0.4, -0.2) is 21.1 Å². The van der Waals surface area contributed by atoms with Crippen LogP contribution in [0.2, 0.25) is 0 Å². The topological polar surface area (TPSA) is 45.5 Å². The summed E-state index contributed by atoms with van der Waals surface area (Å²) in [7, 11) is 0. The number of aromatic nitrogens is 1. The molecule has 22 heavy (non-hydrogen) atoms. The van der Waals surface area contributed by atoms with E-state index in [0.29, 0.717) is 24.9 Å². The van der Waals surface area contributed by atoms with Gasteiger partial charge in [0.2, 0.25) is 0 Å². The van der Waals surface area contributed by atoms with Crippen LogP contribution in [0.5, 0.6) is 0 Å². The molecule has 0 spiro atoms. The Morgan fingerprint density at radius 3 is 2.64 bits per heavy atom. The quantitative estimate of drug-likeness (QED) is 0.943. The first-order valence-electron chi connectivity index (χ1n) is 7.56. The minimum Gasteiger partial charge on any atom is -0.495 e. The SMILES string of the molecule is O=c1ccccn1CC1CC=C(O)N(Cc2ccccc2)C1. The van der Waals surface area contributed by atoms with Crippen LogP contribution in [0, 0.1) is 5.92 Å². The largest absolute Gasteiger partial charge is 0.495 e. The fraction of sp³-hybridized carbons (Fsp3) is 0.278. The van der Waals surface area contributed by atoms with Gasteiger partial charge in [-0.05, 0) is 30.0 Å². The van der Waals surface area contributed by atoms with Crippen molar-refractivity contribution in [2.45, 2.75) is 19.5 Å². The Kier molecular flexibility index (Phi) is 4.28. The van der Waals surface area contributed by atoms with Crippen molar-refractivity contribution in [2.24, 2.45) is 5.92 Å². The number of nitrogens with zero attached hydrogens (tertiary/aromatic N) is 2. The van der Waals surface area contributed by atoms with E-state index < -0.39 is 0 Å². The Balaban J connectivity index is 1.69. The summed E-state index contributed by atoms with van der Waals surface area (Å²) in [4.78, 5) is 13.8. The van der Waals surface area contributed by atoms with Crippen molar-refractivity contribution >= 4 is 0 Å². The molecule has 0 saturated heterocycles. The molecule has 0 saturated carbocycles. The normalized spacial score (nSPS) is 18.1. The molecule has 4 heteroatoms. The van der Waals surface area contributed by atoms with Crippen molar-refractivity contribution in [1.82, 2.24) is 9.47 Å². The van der Waals surface area contributed by atoms with Crippen LogP contribution in [0.25, 0.3) is 0 Å². The molecule has 114 valence electrons. The summed E-state index contributed by atoms with van der Waals surface area (Å²) >= 11 is 0. The Hall–Kier alpha value is -2.49. The third kappa shape index (κ3) is 3.39. The van der Waals surface area contributed by atoms with Crippen LogP contribution < -0.4 is 5.56 Å². The lowest BCUT2D eigenvalue weighted by atomic mass is 10.0. The van der Waals surface area contributed by atoms with Crippen molar-refractivity contribution in [3.63, 3.8) is 0 Å². The second-order valence-electron chi connectivity index (χ2n) is 5.72. The Labute approximate surface area is 129 Å². The van der Waals surface area contributed by atoms with E-state index in [4.69, 9.17) is 0 Å². The van der Waals surface area contributed by atoms with E-state index in [1.165, 1.54) is 5.56 Å². The monoisotopic (exact) mass is 296 g/mol. The fourth-order valence-electron chi connectivity index (χ4n) is 2.85. The second-order valence-corrected chi connectivity index (χ2v) is 5.72. The Morgan fingerprint density at radius 1 is 1.09 bits per heavy atom. The first-order valence-corrected chi connectivity index (χ1v) is 7.56. The minimum absolute atomic E-state index is 0.0240. The number of hydrogen-bond donors (Lipinski definition) is 1. The van der Waals surface area contributed by atoms with E-state index in [0.717, 1.165) is 13.0 Å². The number of aliphatic hydroxyl groups excluding tert-OH is 1. The van der Waals surface area contributed by atoms with Crippen LogP contribution in [0.1, 0.15) is 12.0 Å². The summed E-state index contributed by atoms with van der Waals surface area (Å²) in [6, 6.07) is 15.3. The molecule has 2 aromatic rings. The molecule has 0 aliphatic carbocycles. The average molecular weight is 296 g/mol. The number of aliphatic hydroxyl groups is 1. The van der Waals surface area contributed by atoms with Crippen LogP contribution in [0.3, 0.4) is 0 Å². The van der Waals surface area contributed by atoms with Gasteiger partial charge in [0.05, 0.1) is 0 Å². The third-order valence-electron chi connectivity index (χ3n) is 4.01. The summed E-state index contributed by atoms with van der Waals surface area (Å²) in [5.41, 5.74) is 1.19. The van der Waals surface area contributed by atoms with Crippen LogP contribution >= 0.6 is 0 Å². The first kappa shape index (κ1) is 14.4. The first-order chi connectivity index (χ1) is 10.7. The summed E-state index contributed by atoms with van der Waals surface area (Å²) in [6.45, 7) is 2.11. The number of benzene rings is 1. The summed E-state index contributed by atoms with van der Waals surface area (Å²) < 4.78 is 1.74. The number of pyridine rings is 1. The van der Waals surface area contributed by atoms with Gasteiger partial charge in [0.1, 0.15) is 0 Å². The molecule has 0 amide bonds. The Morgan fingerprint density at radius 2 is 1.86 bits per heavy atom. The van der Waals surface area contributed by atoms with E-state index in [9.17, 15) is 9.90 Å². The molecule has 0 radical (unpaired) electrons. The third-order valence-corrected chi connectivity index (χ3v) is 4.01. The lowest BCUT2D eigenvalue weighted by Crippen LogP contribution is -2.35. The molecule has 4 nitrogen and oxygen atoms in total. The average Bonchev–Trinajstić information content (AvgIpc) is 2.54. The van der Waals surface area contributed by atoms with Crippen molar-refractivity contribution in [3.8, 4) is 0 Å². The zero-order valence-electron chi connectivity index (χ0n) is 12.4. The zero-order valence-corrected chi connectivity index (χ0v) is 12.4. The highest BCUT2D eigenvalue weighted by molar-refractivity contribution is 5.16. The van der Waals surface area contributed by atoms with Gasteiger partial charge in [0.25, 0.3) is 5.56 Å². The Bertz CT molecular complexity index is 706. The molecule has 2 heterocycles. The minimum atomic E-state index is 0.0240. The number of allylic oxidation sites excluding steroid dienone is 1. The van der Waals surface area contributed by atoms with E-state index in [1.54, 1.807) is 16.7 Å². The van der Waals surface area contributed by atoms with E-state index in [2.05, 4.69) is 12.1 Å². The van der Waals surface area contributed by atoms with E-state index >= 15 is 0 Å². The number of rotatable bonds is 4. The second kappa shape index (κ2) is 6.52. The maximum Gasteiger partial charge on any atom is 0.250 e. The van der Waals surface area contributed by atoms with Crippen LogP contribution in [-0.2, 0) is 13.1 Å². The van der Waals surface area contributed by atoms with Gasteiger partial charge >= 0.3 is 0 Å². The molecular weight excluding hydrogens is 276 g/mol. The molecule has 1 N–H and O–H groups in total. The van der Waals surface area contributed by atoms with Gasteiger partial charge in [0, 0.05) is 31.9 Å². The van der Waals surface area contributed by atoms with Gasteiger partial charge in [-0.25, -0.2) is 0 Å². The molecule has 0 bridgehead atoms. The predicted octanol–water partition coefficient (Wildman–Crippen LogP) is 2.77. The van der Waals surface area contributed by atoms with Crippen molar-refractivity contribution in [2.75, 3.05) is 6.54 Å². The fourth-order valence-corrected chi connectivity index (χ4v) is 2.85. The van der Waals surface area contributed by atoms with Gasteiger partial charge in [0.15, 0.2) is 5.88 Å². The van der Waals surface area contributed by atoms with Crippen molar-refractivity contribution in [1.29, 1.82) is 0 Å². The highest BCUT2D eigenvalue weighted by Crippen LogP contribution is 2.21. The molecule has 1 atom stereocenters. The van der Waals surface area contributed by atoms with Gasteiger partial charge in [-0.1, -0.05) is 36.4 Å².